The molecule has 0 aromatic heterocycles. The van der Waals surface area contributed by atoms with E-state index < -0.39 is 12.1 Å². The van der Waals surface area contributed by atoms with Gasteiger partial charge in [0.1, 0.15) is 6.17 Å². The average Bonchev–Trinajstić information content (AvgIpc) is 3.11. The lowest BCUT2D eigenvalue weighted by Crippen LogP contribution is -2.58. The van der Waals surface area contributed by atoms with Gasteiger partial charge in [-0.25, -0.2) is 13.2 Å². The molecule has 0 aromatic carbocycles. The van der Waals surface area contributed by atoms with Crippen LogP contribution in [0.3, 0.4) is 0 Å². The molecular weight excluding hydrogens is 413 g/mol. The fourth-order valence-electron chi connectivity index (χ4n) is 3.91. The van der Waals surface area contributed by atoms with Gasteiger partial charge in [-0.05, 0) is 101 Å². The Balaban J connectivity index is 0.000000214. The Kier molecular flexibility index (Phi) is 13.1. The van der Waals surface area contributed by atoms with Gasteiger partial charge in [-0.3, -0.25) is 9.80 Å². The molecule has 0 saturated carbocycles. The smallest absolute Gasteiger partial charge is 0.272 e. The molecule has 0 amide bonds. The molecule has 4 heterocycles. The largest absolute Gasteiger partial charge is 0.301 e. The van der Waals surface area contributed by atoms with Gasteiger partial charge < -0.3 is 9.80 Å². The van der Waals surface area contributed by atoms with Crippen LogP contribution in [0, 0.1) is 0 Å². The molecular formula is C25H51F3N4. The maximum Gasteiger partial charge on any atom is 0.272 e. The summed E-state index contributed by atoms with van der Waals surface area (Å²) >= 11 is 0. The van der Waals surface area contributed by atoms with Crippen molar-refractivity contribution >= 4 is 0 Å². The van der Waals surface area contributed by atoms with Gasteiger partial charge in [0.2, 0.25) is 0 Å². The van der Waals surface area contributed by atoms with Crippen LogP contribution < -0.4 is 0 Å². The summed E-state index contributed by atoms with van der Waals surface area (Å²) in [7, 11) is 0. The lowest BCUT2D eigenvalue weighted by Gasteiger charge is -2.41. The molecule has 32 heavy (non-hydrogen) atoms. The van der Waals surface area contributed by atoms with Crippen molar-refractivity contribution in [1.82, 2.24) is 19.6 Å². The van der Waals surface area contributed by atoms with Crippen LogP contribution in [-0.2, 0) is 0 Å². The monoisotopic (exact) mass is 464 g/mol. The fraction of sp³-hybridized carbons (Fsp3) is 1.00. The molecule has 4 aliphatic rings. The van der Waals surface area contributed by atoms with Crippen LogP contribution in [0.5, 0.6) is 0 Å². The van der Waals surface area contributed by atoms with E-state index in [1.54, 1.807) is 4.90 Å². The predicted molar refractivity (Wildman–Crippen MR) is 131 cm³/mol. The van der Waals surface area contributed by atoms with Crippen molar-refractivity contribution in [2.24, 2.45) is 0 Å². The van der Waals surface area contributed by atoms with E-state index in [4.69, 9.17) is 0 Å². The summed E-state index contributed by atoms with van der Waals surface area (Å²) in [6.07, 6.45) is 3.70. The summed E-state index contributed by atoms with van der Waals surface area (Å²) in [5.41, 5.74) is 0. The van der Waals surface area contributed by atoms with Crippen molar-refractivity contribution in [2.75, 3.05) is 52.4 Å². The van der Waals surface area contributed by atoms with Crippen LogP contribution >= 0.6 is 0 Å². The van der Waals surface area contributed by atoms with Gasteiger partial charge in [0.15, 0.2) is 0 Å². The number of rotatable bonds is 4. The zero-order valence-corrected chi connectivity index (χ0v) is 22.1. The molecule has 192 valence electrons. The molecule has 0 spiro atoms. The number of hydrogen-bond acceptors (Lipinski definition) is 4. The topological polar surface area (TPSA) is 13.0 Å². The van der Waals surface area contributed by atoms with E-state index in [1.165, 1.54) is 45.4 Å². The third-order valence-electron chi connectivity index (χ3n) is 6.69. The second kappa shape index (κ2) is 14.1. The SMILES string of the molecule is CC(C)N1CC(F)(F)C1.CC(C)N1CC(F)C1.CC(C)N1CCC1.CC(C)N1CCCC1. The average molecular weight is 465 g/mol. The highest BCUT2D eigenvalue weighted by atomic mass is 19.3. The van der Waals surface area contributed by atoms with Crippen LogP contribution in [0.2, 0.25) is 0 Å². The van der Waals surface area contributed by atoms with E-state index in [0.29, 0.717) is 19.1 Å². The van der Waals surface area contributed by atoms with E-state index in [0.717, 1.165) is 12.1 Å². The molecule has 4 nitrogen and oxygen atoms in total. The second-order valence-corrected chi connectivity index (χ2v) is 10.8. The van der Waals surface area contributed by atoms with E-state index in [9.17, 15) is 13.2 Å². The van der Waals surface area contributed by atoms with E-state index in [1.807, 2.05) is 13.8 Å². The van der Waals surface area contributed by atoms with Crippen molar-refractivity contribution in [3.05, 3.63) is 0 Å². The van der Waals surface area contributed by atoms with Gasteiger partial charge in [0.05, 0.1) is 13.1 Å². The molecule has 4 aliphatic heterocycles. The van der Waals surface area contributed by atoms with Gasteiger partial charge in [-0.1, -0.05) is 0 Å². The van der Waals surface area contributed by atoms with Gasteiger partial charge in [0, 0.05) is 37.3 Å². The summed E-state index contributed by atoms with van der Waals surface area (Å²) in [4.78, 5) is 8.87. The van der Waals surface area contributed by atoms with Crippen molar-refractivity contribution in [2.45, 2.75) is 111 Å². The number of halogens is 3. The predicted octanol–water partition coefficient (Wildman–Crippen LogP) is 4.99. The Hall–Kier alpha value is -0.370. The summed E-state index contributed by atoms with van der Waals surface area (Å²) in [5, 5.41) is 0. The fourth-order valence-corrected chi connectivity index (χ4v) is 3.91. The van der Waals surface area contributed by atoms with E-state index >= 15 is 0 Å². The van der Waals surface area contributed by atoms with Crippen LogP contribution in [0.1, 0.15) is 74.7 Å². The highest BCUT2D eigenvalue weighted by Crippen LogP contribution is 2.27. The van der Waals surface area contributed by atoms with Gasteiger partial charge in [-0.15, -0.1) is 0 Å². The molecule has 4 fully saturated rings. The molecule has 0 atom stereocenters. The molecule has 0 aliphatic carbocycles. The van der Waals surface area contributed by atoms with E-state index in [-0.39, 0.29) is 19.1 Å². The zero-order chi connectivity index (χ0) is 24.5. The lowest BCUT2D eigenvalue weighted by atomic mass is 10.1. The molecule has 0 unspecified atom stereocenters. The third-order valence-corrected chi connectivity index (χ3v) is 6.69. The van der Waals surface area contributed by atoms with Gasteiger partial charge in [-0.2, -0.15) is 0 Å². The first-order valence-corrected chi connectivity index (χ1v) is 12.8. The Morgan fingerprint density at radius 1 is 0.562 bits per heavy atom. The Labute approximate surface area is 196 Å². The Morgan fingerprint density at radius 2 is 0.906 bits per heavy atom. The molecule has 0 aromatic rings. The Morgan fingerprint density at radius 3 is 1.03 bits per heavy atom. The lowest BCUT2D eigenvalue weighted by molar-refractivity contribution is -0.141. The zero-order valence-electron chi connectivity index (χ0n) is 22.1. The standard InChI is InChI=1S/C7H15N.C6H11F2N.C6H12FN.C6H13N/c1-7(2)8-5-3-4-6-8;1-5(2)9-3-6(7,8)4-9;1-5(2)8-3-6(7)4-8;1-6(2)7-4-3-5-7/h7H,3-6H2,1-2H3;5H,3-4H2,1-2H3;5-6H,3-4H2,1-2H3;6H,3-5H2,1-2H3. The van der Waals surface area contributed by atoms with Gasteiger partial charge in [0.25, 0.3) is 5.92 Å². The maximum atomic E-state index is 12.1. The van der Waals surface area contributed by atoms with Crippen LogP contribution in [0.25, 0.3) is 0 Å². The van der Waals surface area contributed by atoms with Crippen LogP contribution in [0.4, 0.5) is 13.2 Å². The minimum absolute atomic E-state index is 0.0509. The van der Waals surface area contributed by atoms with Crippen LogP contribution in [0.15, 0.2) is 0 Å². The first kappa shape index (κ1) is 29.7. The second-order valence-electron chi connectivity index (χ2n) is 10.8. The van der Waals surface area contributed by atoms with Gasteiger partial charge >= 0.3 is 0 Å². The molecule has 0 bridgehead atoms. The minimum Gasteiger partial charge on any atom is -0.301 e. The highest BCUT2D eigenvalue weighted by molar-refractivity contribution is 4.88. The summed E-state index contributed by atoms with van der Waals surface area (Å²) < 4.78 is 36.3. The first-order valence-electron chi connectivity index (χ1n) is 12.8. The summed E-state index contributed by atoms with van der Waals surface area (Å²) in [5.74, 6) is -2.40. The van der Waals surface area contributed by atoms with Crippen molar-refractivity contribution in [3.63, 3.8) is 0 Å². The van der Waals surface area contributed by atoms with Crippen molar-refractivity contribution in [1.29, 1.82) is 0 Å². The highest BCUT2D eigenvalue weighted by Gasteiger charge is 2.44. The maximum absolute atomic E-state index is 12.1. The molecule has 0 N–H and O–H groups in total. The minimum atomic E-state index is -2.40. The summed E-state index contributed by atoms with van der Waals surface area (Å²) in [6.45, 7) is 23.6. The van der Waals surface area contributed by atoms with Crippen molar-refractivity contribution < 1.29 is 13.2 Å². The number of likely N-dealkylation sites (tertiary alicyclic amines) is 4. The number of hydrogen-bond donors (Lipinski definition) is 0. The number of alkyl halides is 3. The molecule has 4 saturated heterocycles. The number of nitrogens with zero attached hydrogens (tertiary/aromatic N) is 4. The van der Waals surface area contributed by atoms with Crippen molar-refractivity contribution in [3.8, 4) is 0 Å². The first-order chi connectivity index (χ1) is 14.8. The normalized spacial score (nSPS) is 24.1. The Bertz CT molecular complexity index is 476. The molecule has 7 heteroatoms. The van der Waals surface area contributed by atoms with Crippen LogP contribution in [-0.4, -0.2) is 108 Å². The summed E-state index contributed by atoms with van der Waals surface area (Å²) in [6, 6.07) is 2.36. The third kappa shape index (κ3) is 11.2. The van der Waals surface area contributed by atoms with E-state index in [2.05, 4.69) is 56.2 Å². The molecule has 0 radical (unpaired) electrons. The molecule has 4 rings (SSSR count). The quantitative estimate of drug-likeness (QED) is 0.581.